The van der Waals surface area contributed by atoms with Crippen LogP contribution in [-0.2, 0) is 0 Å². The second-order valence-electron chi connectivity index (χ2n) is 6.91. The van der Waals surface area contributed by atoms with Crippen LogP contribution in [0.2, 0.25) is 0 Å². The molecule has 0 amide bonds. The molecular weight excluding hydrogens is 290 g/mol. The van der Waals surface area contributed by atoms with Crippen LogP contribution in [0.25, 0.3) is 0 Å². The highest BCUT2D eigenvalue weighted by molar-refractivity contribution is 5.85. The fourth-order valence-electron chi connectivity index (χ4n) is 2.99. The number of benzene rings is 2. The van der Waals surface area contributed by atoms with Gasteiger partial charge in [-0.2, -0.15) is 0 Å². The normalized spacial score (nSPS) is 12.8. The third-order valence-corrected chi connectivity index (χ3v) is 3.67. The molecule has 0 spiro atoms. The van der Waals surface area contributed by atoms with Crippen LogP contribution in [0.15, 0.2) is 60.7 Å². The molecule has 0 aromatic heterocycles. The molecule has 2 rings (SSSR count). The predicted molar refractivity (Wildman–Crippen MR) is 98.9 cm³/mol. The van der Waals surface area contributed by atoms with Gasteiger partial charge in [-0.3, -0.25) is 0 Å². The minimum Gasteiger partial charge on any atom is -0.310 e. The average Bonchev–Trinajstić information content (AvgIpc) is 2.45. The molecule has 2 heteroatoms. The molecule has 22 heavy (non-hydrogen) atoms. The molecular formula is C20H28ClN. The van der Waals surface area contributed by atoms with Crippen molar-refractivity contribution in [2.45, 2.75) is 51.6 Å². The molecule has 1 atom stereocenters. The lowest BCUT2D eigenvalue weighted by molar-refractivity contribution is 0.353. The summed E-state index contributed by atoms with van der Waals surface area (Å²) in [5.74, 6) is 0.442. The van der Waals surface area contributed by atoms with Gasteiger partial charge in [0.15, 0.2) is 0 Å². The van der Waals surface area contributed by atoms with Crippen LogP contribution < -0.4 is 5.32 Å². The van der Waals surface area contributed by atoms with E-state index in [4.69, 9.17) is 0 Å². The van der Waals surface area contributed by atoms with Gasteiger partial charge in [-0.05, 0) is 45.2 Å². The summed E-state index contributed by atoms with van der Waals surface area (Å²) in [6.07, 6.45) is 1.10. The maximum Gasteiger partial charge on any atom is 0.0104 e. The summed E-state index contributed by atoms with van der Waals surface area (Å²) in [6, 6.07) is 22.1. The van der Waals surface area contributed by atoms with Crippen LogP contribution in [0, 0.1) is 0 Å². The van der Waals surface area contributed by atoms with E-state index < -0.39 is 0 Å². The molecule has 0 unspecified atom stereocenters. The highest BCUT2D eigenvalue weighted by Gasteiger charge is 2.20. The summed E-state index contributed by atoms with van der Waals surface area (Å²) in [6.45, 7) is 8.96. The van der Waals surface area contributed by atoms with E-state index in [0.717, 1.165) is 6.42 Å². The Hall–Kier alpha value is -1.31. The van der Waals surface area contributed by atoms with Gasteiger partial charge >= 0.3 is 0 Å². The summed E-state index contributed by atoms with van der Waals surface area (Å²) in [5.41, 5.74) is 2.94. The van der Waals surface area contributed by atoms with Gasteiger partial charge in [-0.15, -0.1) is 12.4 Å². The van der Waals surface area contributed by atoms with Gasteiger partial charge in [0.05, 0.1) is 0 Å². The zero-order chi connectivity index (χ0) is 15.3. The first kappa shape index (κ1) is 18.7. The zero-order valence-corrected chi connectivity index (χ0v) is 14.9. The SMILES string of the molecule is C[C@@H](CC(c1ccccc1)c1ccccc1)NC(C)(C)C.Cl. The smallest absolute Gasteiger partial charge is 0.0104 e. The van der Waals surface area contributed by atoms with Crippen LogP contribution in [-0.4, -0.2) is 11.6 Å². The first-order valence-electron chi connectivity index (χ1n) is 7.83. The number of hydrogen-bond acceptors (Lipinski definition) is 1. The van der Waals surface area contributed by atoms with Gasteiger partial charge < -0.3 is 5.32 Å². The Kier molecular flexibility index (Phi) is 7.12. The van der Waals surface area contributed by atoms with Gasteiger partial charge in [0.1, 0.15) is 0 Å². The average molecular weight is 318 g/mol. The standard InChI is InChI=1S/C20H27N.ClH/c1-16(21-20(2,3)4)15-19(17-11-7-5-8-12-17)18-13-9-6-10-14-18;/h5-14,16,19,21H,15H2,1-4H3;1H/t16-;/m0./s1. The summed E-state index contributed by atoms with van der Waals surface area (Å²) < 4.78 is 0. The van der Waals surface area contributed by atoms with Crippen molar-refractivity contribution < 1.29 is 0 Å². The highest BCUT2D eigenvalue weighted by Crippen LogP contribution is 2.29. The quantitative estimate of drug-likeness (QED) is 0.777. The molecule has 1 N–H and O–H groups in total. The van der Waals surface area contributed by atoms with Crippen LogP contribution >= 0.6 is 12.4 Å². The fourth-order valence-corrected chi connectivity index (χ4v) is 2.99. The van der Waals surface area contributed by atoms with Crippen molar-refractivity contribution in [3.05, 3.63) is 71.8 Å². The van der Waals surface area contributed by atoms with Crippen molar-refractivity contribution in [1.29, 1.82) is 0 Å². The van der Waals surface area contributed by atoms with E-state index in [1.165, 1.54) is 11.1 Å². The molecule has 0 bridgehead atoms. The topological polar surface area (TPSA) is 12.0 Å². The molecule has 1 nitrogen and oxygen atoms in total. The molecule has 0 radical (unpaired) electrons. The van der Waals surface area contributed by atoms with Crippen molar-refractivity contribution in [2.24, 2.45) is 0 Å². The molecule has 0 fully saturated rings. The van der Waals surface area contributed by atoms with Crippen LogP contribution in [0.1, 0.15) is 51.2 Å². The number of halogens is 1. The molecule has 0 saturated heterocycles. The van der Waals surface area contributed by atoms with Crippen molar-refractivity contribution in [3.8, 4) is 0 Å². The maximum absolute atomic E-state index is 3.69. The Labute approximate surface area is 141 Å². The molecule has 0 aliphatic heterocycles. The fraction of sp³-hybridized carbons (Fsp3) is 0.400. The number of hydrogen-bond donors (Lipinski definition) is 1. The lowest BCUT2D eigenvalue weighted by Crippen LogP contribution is -2.42. The highest BCUT2D eigenvalue weighted by atomic mass is 35.5. The number of rotatable bonds is 5. The minimum absolute atomic E-state index is 0. The molecule has 0 aliphatic rings. The van der Waals surface area contributed by atoms with E-state index in [-0.39, 0.29) is 17.9 Å². The zero-order valence-electron chi connectivity index (χ0n) is 14.0. The van der Waals surface area contributed by atoms with Crippen LogP contribution in [0.5, 0.6) is 0 Å². The van der Waals surface area contributed by atoms with E-state index in [0.29, 0.717) is 12.0 Å². The Morgan fingerprint density at radius 1 is 0.818 bits per heavy atom. The molecule has 2 aromatic carbocycles. The monoisotopic (exact) mass is 317 g/mol. The van der Waals surface area contributed by atoms with Gasteiger partial charge in [-0.25, -0.2) is 0 Å². The Balaban J connectivity index is 0.00000242. The van der Waals surface area contributed by atoms with Crippen LogP contribution in [0.4, 0.5) is 0 Å². The number of nitrogens with one attached hydrogen (secondary N) is 1. The van der Waals surface area contributed by atoms with Gasteiger partial charge in [0, 0.05) is 17.5 Å². The third kappa shape index (κ3) is 5.82. The second kappa shape index (κ2) is 8.36. The van der Waals surface area contributed by atoms with Gasteiger partial charge in [-0.1, -0.05) is 60.7 Å². The maximum atomic E-state index is 3.69. The van der Waals surface area contributed by atoms with E-state index in [2.05, 4.69) is 93.7 Å². The van der Waals surface area contributed by atoms with Gasteiger partial charge in [0.25, 0.3) is 0 Å². The largest absolute Gasteiger partial charge is 0.310 e. The Morgan fingerprint density at radius 2 is 1.23 bits per heavy atom. The van der Waals surface area contributed by atoms with E-state index >= 15 is 0 Å². The summed E-state index contributed by atoms with van der Waals surface area (Å²) >= 11 is 0. The second-order valence-corrected chi connectivity index (χ2v) is 6.91. The lowest BCUT2D eigenvalue weighted by Gasteiger charge is -2.29. The minimum atomic E-state index is 0. The molecule has 120 valence electrons. The summed E-state index contributed by atoms with van der Waals surface area (Å²) in [7, 11) is 0. The third-order valence-electron chi connectivity index (χ3n) is 3.67. The van der Waals surface area contributed by atoms with E-state index in [1.54, 1.807) is 0 Å². The van der Waals surface area contributed by atoms with E-state index in [1.807, 2.05) is 0 Å². The molecule has 0 aliphatic carbocycles. The first-order chi connectivity index (χ1) is 9.96. The summed E-state index contributed by atoms with van der Waals surface area (Å²) in [4.78, 5) is 0. The lowest BCUT2D eigenvalue weighted by atomic mass is 9.86. The van der Waals surface area contributed by atoms with E-state index in [9.17, 15) is 0 Å². The van der Waals surface area contributed by atoms with Gasteiger partial charge in [0.2, 0.25) is 0 Å². The van der Waals surface area contributed by atoms with Crippen molar-refractivity contribution >= 4 is 12.4 Å². The van der Waals surface area contributed by atoms with Crippen molar-refractivity contribution in [3.63, 3.8) is 0 Å². The van der Waals surface area contributed by atoms with Crippen LogP contribution in [0.3, 0.4) is 0 Å². The van der Waals surface area contributed by atoms with Crippen molar-refractivity contribution in [1.82, 2.24) is 5.32 Å². The Bertz CT molecular complexity index is 491. The molecule has 0 heterocycles. The molecule has 0 saturated carbocycles. The summed E-state index contributed by atoms with van der Waals surface area (Å²) in [5, 5.41) is 3.69. The Morgan fingerprint density at radius 3 is 1.59 bits per heavy atom. The molecule has 2 aromatic rings. The predicted octanol–water partition coefficient (Wildman–Crippen LogP) is 5.41. The van der Waals surface area contributed by atoms with Crippen molar-refractivity contribution in [2.75, 3.05) is 0 Å². The first-order valence-corrected chi connectivity index (χ1v) is 7.83.